The summed E-state index contributed by atoms with van der Waals surface area (Å²) in [5.74, 6) is -1.24. The summed E-state index contributed by atoms with van der Waals surface area (Å²) in [4.78, 5) is 35.7. The van der Waals surface area contributed by atoms with Crippen LogP contribution in [-0.4, -0.2) is 59.5 Å². The maximum atomic E-state index is 14.9. The predicted molar refractivity (Wildman–Crippen MR) is 163 cm³/mol. The number of nitrogens with one attached hydrogen (secondary N) is 1. The number of rotatable bonds is 9. The number of benzene rings is 2. The Kier molecular flexibility index (Phi) is 7.82. The average Bonchev–Trinajstić information content (AvgIpc) is 3.33. The SMILES string of the molecule is CNc1ccc(-c2sc3c(c2CN(C)C)c(=O)n(-c2ccc(OC4COC4)nc2)c(=O)n3Cc2c(F)cccc2F)cc1. The maximum absolute atomic E-state index is 14.9. The van der Waals surface area contributed by atoms with Gasteiger partial charge < -0.3 is 19.7 Å². The van der Waals surface area contributed by atoms with E-state index in [-0.39, 0.29) is 17.4 Å². The van der Waals surface area contributed by atoms with Crippen LogP contribution in [0.5, 0.6) is 5.88 Å². The zero-order chi connectivity index (χ0) is 30.2. The Hall–Kier alpha value is -4.39. The van der Waals surface area contributed by atoms with Crippen molar-refractivity contribution in [1.82, 2.24) is 19.0 Å². The fourth-order valence-electron chi connectivity index (χ4n) is 4.99. The minimum Gasteiger partial charge on any atom is -0.469 e. The second kappa shape index (κ2) is 11.7. The summed E-state index contributed by atoms with van der Waals surface area (Å²) in [7, 11) is 5.59. The van der Waals surface area contributed by atoms with Crippen LogP contribution in [-0.2, 0) is 17.8 Å². The minimum atomic E-state index is -0.783. The number of thiophene rings is 1. The number of pyridine rings is 1. The molecule has 0 saturated carbocycles. The third-order valence-electron chi connectivity index (χ3n) is 7.23. The minimum absolute atomic E-state index is 0.106. The Morgan fingerprint density at radius 2 is 1.77 bits per heavy atom. The summed E-state index contributed by atoms with van der Waals surface area (Å²) < 4.78 is 42.9. The van der Waals surface area contributed by atoms with E-state index < -0.39 is 29.4 Å². The van der Waals surface area contributed by atoms with Crippen molar-refractivity contribution >= 4 is 27.2 Å². The van der Waals surface area contributed by atoms with Gasteiger partial charge in [0.1, 0.15) is 22.6 Å². The lowest BCUT2D eigenvalue weighted by Crippen LogP contribution is -2.39. The van der Waals surface area contributed by atoms with Crippen molar-refractivity contribution in [2.24, 2.45) is 0 Å². The Balaban J connectivity index is 1.61. The molecule has 9 nitrogen and oxygen atoms in total. The number of fused-ring (bicyclic) bond motifs is 1. The highest BCUT2D eigenvalue weighted by Crippen LogP contribution is 2.38. The lowest BCUT2D eigenvalue weighted by Gasteiger charge is -2.26. The third-order valence-corrected chi connectivity index (χ3v) is 8.54. The van der Waals surface area contributed by atoms with E-state index in [9.17, 15) is 18.4 Å². The van der Waals surface area contributed by atoms with Crippen molar-refractivity contribution < 1.29 is 18.3 Å². The first kappa shape index (κ1) is 28.7. The molecule has 0 radical (unpaired) electrons. The Morgan fingerprint density at radius 3 is 2.35 bits per heavy atom. The van der Waals surface area contributed by atoms with Gasteiger partial charge in [-0.15, -0.1) is 11.3 Å². The molecule has 1 aliphatic rings. The predicted octanol–water partition coefficient (Wildman–Crippen LogP) is 4.48. The monoisotopic (exact) mass is 605 g/mol. The molecule has 4 heterocycles. The number of ether oxygens (including phenoxy) is 2. The van der Waals surface area contributed by atoms with E-state index in [1.165, 1.54) is 28.2 Å². The van der Waals surface area contributed by atoms with E-state index in [0.29, 0.717) is 41.4 Å². The quantitative estimate of drug-likeness (QED) is 0.265. The molecule has 0 atom stereocenters. The number of anilines is 1. The molecule has 222 valence electrons. The van der Waals surface area contributed by atoms with Gasteiger partial charge in [0.15, 0.2) is 0 Å². The molecule has 0 unspecified atom stereocenters. The second-order valence-corrected chi connectivity index (χ2v) is 11.5. The Bertz CT molecular complexity index is 1890. The van der Waals surface area contributed by atoms with Gasteiger partial charge in [-0.05, 0) is 55.6 Å². The van der Waals surface area contributed by atoms with Crippen LogP contribution in [0.25, 0.3) is 26.3 Å². The molecule has 3 aromatic heterocycles. The molecule has 0 spiro atoms. The van der Waals surface area contributed by atoms with Gasteiger partial charge in [0, 0.05) is 35.8 Å². The molecule has 5 aromatic rings. The molecule has 1 N–H and O–H groups in total. The van der Waals surface area contributed by atoms with Gasteiger partial charge >= 0.3 is 5.69 Å². The fraction of sp³-hybridized carbons (Fsp3) is 0.258. The fourth-order valence-corrected chi connectivity index (χ4v) is 6.30. The summed E-state index contributed by atoms with van der Waals surface area (Å²) >= 11 is 1.25. The van der Waals surface area contributed by atoms with Crippen LogP contribution in [0.2, 0.25) is 0 Å². The molecular formula is C31H29F2N5O4S. The molecule has 43 heavy (non-hydrogen) atoms. The highest BCUT2D eigenvalue weighted by molar-refractivity contribution is 7.22. The first-order chi connectivity index (χ1) is 20.7. The van der Waals surface area contributed by atoms with Crippen LogP contribution in [0.3, 0.4) is 0 Å². The molecule has 1 aliphatic heterocycles. The summed E-state index contributed by atoms with van der Waals surface area (Å²) in [6, 6.07) is 14.4. The highest BCUT2D eigenvalue weighted by Gasteiger charge is 2.26. The standard InChI is InChI=1S/C31H29F2N5O4S/c1-34-19-9-7-18(8-10-19)28-23(14-36(2)3)27-29(39)38(20-11-12-26(35-13-20)42-21-16-41-17-21)31(40)37(30(27)43-28)15-22-24(32)5-4-6-25(22)33/h4-13,21,34H,14-17H2,1-3H3. The molecule has 1 saturated heterocycles. The topological polar surface area (TPSA) is 90.6 Å². The lowest BCUT2D eigenvalue weighted by atomic mass is 10.1. The average molecular weight is 606 g/mol. The number of hydrogen-bond acceptors (Lipinski definition) is 8. The zero-order valence-corrected chi connectivity index (χ0v) is 24.6. The van der Waals surface area contributed by atoms with Crippen LogP contribution >= 0.6 is 11.3 Å². The van der Waals surface area contributed by atoms with Crippen molar-refractivity contribution in [2.45, 2.75) is 19.2 Å². The van der Waals surface area contributed by atoms with Gasteiger partial charge in [-0.3, -0.25) is 9.36 Å². The smallest absolute Gasteiger partial charge is 0.337 e. The van der Waals surface area contributed by atoms with Crippen LogP contribution in [0, 0.1) is 11.6 Å². The van der Waals surface area contributed by atoms with E-state index in [2.05, 4.69) is 10.3 Å². The number of aromatic nitrogens is 3. The van der Waals surface area contributed by atoms with Crippen LogP contribution in [0.4, 0.5) is 14.5 Å². The first-order valence-electron chi connectivity index (χ1n) is 13.6. The van der Waals surface area contributed by atoms with Crippen molar-refractivity contribution in [2.75, 3.05) is 39.7 Å². The van der Waals surface area contributed by atoms with Crippen molar-refractivity contribution in [1.29, 1.82) is 0 Å². The molecule has 0 aliphatic carbocycles. The van der Waals surface area contributed by atoms with E-state index >= 15 is 0 Å². The third kappa shape index (κ3) is 5.44. The van der Waals surface area contributed by atoms with Crippen LogP contribution in [0.1, 0.15) is 11.1 Å². The summed E-state index contributed by atoms with van der Waals surface area (Å²) in [5, 5.41) is 3.39. The van der Waals surface area contributed by atoms with Gasteiger partial charge in [-0.25, -0.2) is 23.1 Å². The molecule has 12 heteroatoms. The lowest BCUT2D eigenvalue weighted by molar-refractivity contribution is -0.0813. The van der Waals surface area contributed by atoms with Crippen LogP contribution < -0.4 is 21.3 Å². The summed E-state index contributed by atoms with van der Waals surface area (Å²) in [6.07, 6.45) is 1.28. The summed E-state index contributed by atoms with van der Waals surface area (Å²) in [5.41, 5.74) is 1.13. The molecule has 6 rings (SSSR count). The van der Waals surface area contributed by atoms with E-state index in [1.54, 1.807) is 12.1 Å². The molecule has 1 fully saturated rings. The number of nitrogens with zero attached hydrogens (tertiary/aromatic N) is 4. The Morgan fingerprint density at radius 1 is 1.05 bits per heavy atom. The number of hydrogen-bond donors (Lipinski definition) is 1. The zero-order valence-electron chi connectivity index (χ0n) is 23.8. The Labute approximate surface area is 249 Å². The first-order valence-corrected chi connectivity index (χ1v) is 14.4. The maximum Gasteiger partial charge on any atom is 0.337 e. The number of halogens is 2. The van der Waals surface area contributed by atoms with E-state index in [1.807, 2.05) is 50.3 Å². The van der Waals surface area contributed by atoms with Gasteiger partial charge in [-0.2, -0.15) is 0 Å². The second-order valence-electron chi connectivity index (χ2n) is 10.5. The highest BCUT2D eigenvalue weighted by atomic mass is 32.1. The van der Waals surface area contributed by atoms with Gasteiger partial charge in [0.2, 0.25) is 5.88 Å². The van der Waals surface area contributed by atoms with Gasteiger partial charge in [-0.1, -0.05) is 18.2 Å². The van der Waals surface area contributed by atoms with E-state index in [0.717, 1.165) is 32.8 Å². The molecule has 2 aromatic carbocycles. The summed E-state index contributed by atoms with van der Waals surface area (Å²) in [6.45, 7) is 0.900. The van der Waals surface area contributed by atoms with E-state index in [4.69, 9.17) is 9.47 Å². The van der Waals surface area contributed by atoms with Crippen molar-refractivity contribution in [3.8, 4) is 22.0 Å². The van der Waals surface area contributed by atoms with Crippen molar-refractivity contribution in [3.63, 3.8) is 0 Å². The largest absolute Gasteiger partial charge is 0.469 e. The van der Waals surface area contributed by atoms with Gasteiger partial charge in [0.25, 0.3) is 5.56 Å². The van der Waals surface area contributed by atoms with Crippen molar-refractivity contribution in [3.05, 3.63) is 104 Å². The van der Waals surface area contributed by atoms with Crippen LogP contribution in [0.15, 0.2) is 70.4 Å². The molecular weight excluding hydrogens is 576 g/mol. The molecule has 0 amide bonds. The van der Waals surface area contributed by atoms with Gasteiger partial charge in [0.05, 0.1) is 37.0 Å². The molecule has 0 bridgehead atoms. The normalized spacial score (nSPS) is 13.4.